The SMILES string of the molecule is COc1cccc(N(C)Cc2cccc(C(N)=NO)c2)c1. The van der Waals surface area contributed by atoms with Crippen LogP contribution in [0.15, 0.2) is 53.7 Å². The van der Waals surface area contributed by atoms with Crippen LogP contribution in [0.5, 0.6) is 5.75 Å². The number of nitrogens with zero attached hydrogens (tertiary/aromatic N) is 2. The van der Waals surface area contributed by atoms with Crippen molar-refractivity contribution in [3.8, 4) is 5.75 Å². The van der Waals surface area contributed by atoms with Crippen LogP contribution in [0.25, 0.3) is 0 Å². The molecule has 2 aromatic rings. The molecule has 110 valence electrons. The Kier molecular flexibility index (Phi) is 4.66. The summed E-state index contributed by atoms with van der Waals surface area (Å²) in [6.07, 6.45) is 0. The van der Waals surface area contributed by atoms with E-state index in [2.05, 4.69) is 10.1 Å². The molecule has 0 spiro atoms. The first-order chi connectivity index (χ1) is 10.1. The fraction of sp³-hybridized carbons (Fsp3) is 0.188. The van der Waals surface area contributed by atoms with Crippen molar-refractivity contribution in [3.05, 3.63) is 59.7 Å². The molecule has 21 heavy (non-hydrogen) atoms. The predicted molar refractivity (Wildman–Crippen MR) is 84.1 cm³/mol. The fourth-order valence-corrected chi connectivity index (χ4v) is 2.10. The van der Waals surface area contributed by atoms with Crippen LogP contribution in [0.3, 0.4) is 0 Å². The lowest BCUT2D eigenvalue weighted by molar-refractivity contribution is 0.318. The Morgan fingerprint density at radius 2 is 2.00 bits per heavy atom. The van der Waals surface area contributed by atoms with E-state index >= 15 is 0 Å². The Bertz CT molecular complexity index is 641. The summed E-state index contributed by atoms with van der Waals surface area (Å²) in [6, 6.07) is 15.5. The van der Waals surface area contributed by atoms with Gasteiger partial charge in [-0.2, -0.15) is 0 Å². The molecular weight excluding hydrogens is 266 g/mol. The van der Waals surface area contributed by atoms with Crippen molar-refractivity contribution in [2.75, 3.05) is 19.1 Å². The number of methoxy groups -OCH3 is 1. The molecular formula is C16H19N3O2. The first kappa shape index (κ1) is 14.7. The third kappa shape index (κ3) is 3.66. The number of benzene rings is 2. The quantitative estimate of drug-likeness (QED) is 0.383. The van der Waals surface area contributed by atoms with Gasteiger partial charge in [-0.15, -0.1) is 0 Å². The number of rotatable bonds is 5. The molecule has 0 aliphatic rings. The summed E-state index contributed by atoms with van der Waals surface area (Å²) in [5.74, 6) is 0.936. The van der Waals surface area contributed by atoms with E-state index in [0.717, 1.165) is 17.0 Å². The highest BCUT2D eigenvalue weighted by Crippen LogP contribution is 2.21. The van der Waals surface area contributed by atoms with E-state index in [1.54, 1.807) is 7.11 Å². The molecule has 0 heterocycles. The third-order valence-corrected chi connectivity index (χ3v) is 3.24. The van der Waals surface area contributed by atoms with Crippen LogP contribution >= 0.6 is 0 Å². The summed E-state index contributed by atoms with van der Waals surface area (Å²) >= 11 is 0. The maximum Gasteiger partial charge on any atom is 0.170 e. The van der Waals surface area contributed by atoms with Crippen LogP contribution < -0.4 is 15.4 Å². The third-order valence-electron chi connectivity index (χ3n) is 3.24. The zero-order valence-corrected chi connectivity index (χ0v) is 12.2. The molecule has 0 aliphatic carbocycles. The summed E-state index contributed by atoms with van der Waals surface area (Å²) in [4.78, 5) is 2.11. The fourth-order valence-electron chi connectivity index (χ4n) is 2.10. The molecule has 5 nitrogen and oxygen atoms in total. The van der Waals surface area contributed by atoms with Crippen molar-refractivity contribution in [1.29, 1.82) is 0 Å². The van der Waals surface area contributed by atoms with E-state index in [4.69, 9.17) is 15.7 Å². The normalized spacial score (nSPS) is 11.2. The monoisotopic (exact) mass is 285 g/mol. The number of oxime groups is 1. The Morgan fingerprint density at radius 1 is 1.24 bits per heavy atom. The Labute approximate surface area is 124 Å². The summed E-state index contributed by atoms with van der Waals surface area (Å²) in [6.45, 7) is 0.708. The molecule has 0 aliphatic heterocycles. The molecule has 0 fully saturated rings. The molecule has 0 saturated carbocycles. The van der Waals surface area contributed by atoms with Crippen molar-refractivity contribution in [2.45, 2.75) is 6.54 Å². The second-order valence-electron chi connectivity index (χ2n) is 4.74. The first-order valence-corrected chi connectivity index (χ1v) is 6.56. The van der Waals surface area contributed by atoms with Gasteiger partial charge in [0.25, 0.3) is 0 Å². The van der Waals surface area contributed by atoms with Crippen molar-refractivity contribution in [1.82, 2.24) is 0 Å². The van der Waals surface area contributed by atoms with Crippen LogP contribution in [0.1, 0.15) is 11.1 Å². The largest absolute Gasteiger partial charge is 0.497 e. The zero-order valence-electron chi connectivity index (χ0n) is 12.2. The van der Waals surface area contributed by atoms with Gasteiger partial charge in [0.2, 0.25) is 0 Å². The molecule has 0 aromatic heterocycles. The lowest BCUT2D eigenvalue weighted by atomic mass is 10.1. The first-order valence-electron chi connectivity index (χ1n) is 6.56. The van der Waals surface area contributed by atoms with Gasteiger partial charge in [-0.1, -0.05) is 29.4 Å². The van der Waals surface area contributed by atoms with Crippen molar-refractivity contribution >= 4 is 11.5 Å². The van der Waals surface area contributed by atoms with Gasteiger partial charge in [-0.3, -0.25) is 0 Å². The number of anilines is 1. The average Bonchev–Trinajstić information content (AvgIpc) is 2.54. The molecule has 3 N–H and O–H groups in total. The minimum absolute atomic E-state index is 0.112. The Morgan fingerprint density at radius 3 is 2.71 bits per heavy atom. The van der Waals surface area contributed by atoms with Crippen LogP contribution in [-0.2, 0) is 6.54 Å². The van der Waals surface area contributed by atoms with Crippen molar-refractivity contribution in [3.63, 3.8) is 0 Å². The lowest BCUT2D eigenvalue weighted by Crippen LogP contribution is -2.18. The summed E-state index contributed by atoms with van der Waals surface area (Å²) in [7, 11) is 3.66. The van der Waals surface area contributed by atoms with Crippen LogP contribution in [0.4, 0.5) is 5.69 Å². The summed E-state index contributed by atoms with van der Waals surface area (Å²) < 4.78 is 5.23. The molecule has 2 aromatic carbocycles. The second kappa shape index (κ2) is 6.65. The molecule has 0 saturated heterocycles. The average molecular weight is 285 g/mol. The topological polar surface area (TPSA) is 71.1 Å². The van der Waals surface area contributed by atoms with E-state index in [-0.39, 0.29) is 5.84 Å². The van der Waals surface area contributed by atoms with Crippen LogP contribution in [0.2, 0.25) is 0 Å². The number of nitrogens with two attached hydrogens (primary N) is 1. The molecule has 0 atom stereocenters. The predicted octanol–water partition coefficient (Wildman–Crippen LogP) is 2.43. The van der Waals surface area contributed by atoms with Gasteiger partial charge < -0.3 is 20.6 Å². The number of ether oxygens (including phenoxy) is 1. The molecule has 5 heteroatoms. The second-order valence-corrected chi connectivity index (χ2v) is 4.74. The highest BCUT2D eigenvalue weighted by molar-refractivity contribution is 5.97. The Balaban J connectivity index is 2.17. The Hall–Kier alpha value is -2.69. The van der Waals surface area contributed by atoms with E-state index in [1.807, 2.05) is 55.6 Å². The zero-order chi connectivity index (χ0) is 15.2. The van der Waals surface area contributed by atoms with E-state index in [1.165, 1.54) is 0 Å². The van der Waals surface area contributed by atoms with Crippen LogP contribution in [0, 0.1) is 0 Å². The lowest BCUT2D eigenvalue weighted by Gasteiger charge is -2.20. The molecule has 0 unspecified atom stereocenters. The summed E-state index contributed by atoms with van der Waals surface area (Å²) in [5, 5.41) is 11.8. The van der Waals surface area contributed by atoms with Crippen molar-refractivity contribution < 1.29 is 9.94 Å². The van der Waals surface area contributed by atoms with Gasteiger partial charge in [0.15, 0.2) is 5.84 Å². The number of hydrogen-bond donors (Lipinski definition) is 2. The van der Waals surface area contributed by atoms with E-state index < -0.39 is 0 Å². The minimum atomic E-state index is 0.112. The van der Waals surface area contributed by atoms with E-state index in [9.17, 15) is 0 Å². The molecule has 2 rings (SSSR count). The van der Waals surface area contributed by atoms with Gasteiger partial charge >= 0.3 is 0 Å². The smallest absolute Gasteiger partial charge is 0.170 e. The van der Waals surface area contributed by atoms with E-state index in [0.29, 0.717) is 12.1 Å². The minimum Gasteiger partial charge on any atom is -0.497 e. The molecule has 0 amide bonds. The number of amidine groups is 1. The van der Waals surface area contributed by atoms with Gasteiger partial charge in [-0.25, -0.2) is 0 Å². The standard InChI is InChI=1S/C16H19N3O2/c1-19(14-7-4-8-15(10-14)21-2)11-12-5-3-6-13(9-12)16(17)18-20/h3-10,20H,11H2,1-2H3,(H2,17,18). The molecule has 0 bridgehead atoms. The maximum atomic E-state index is 8.74. The highest BCUT2D eigenvalue weighted by Gasteiger charge is 2.05. The number of hydrogen-bond acceptors (Lipinski definition) is 4. The van der Waals surface area contributed by atoms with Gasteiger partial charge in [0.05, 0.1) is 7.11 Å². The molecule has 0 radical (unpaired) electrons. The maximum absolute atomic E-state index is 8.74. The van der Waals surface area contributed by atoms with Gasteiger partial charge in [-0.05, 0) is 23.8 Å². The summed E-state index contributed by atoms with van der Waals surface area (Å²) in [5.41, 5.74) is 8.45. The van der Waals surface area contributed by atoms with Gasteiger partial charge in [0, 0.05) is 30.9 Å². The van der Waals surface area contributed by atoms with Gasteiger partial charge in [0.1, 0.15) is 5.75 Å². The van der Waals surface area contributed by atoms with Crippen molar-refractivity contribution in [2.24, 2.45) is 10.9 Å². The highest BCUT2D eigenvalue weighted by atomic mass is 16.5. The van der Waals surface area contributed by atoms with Crippen LogP contribution in [-0.4, -0.2) is 25.2 Å².